The molecule has 288 valence electrons. The van der Waals surface area contributed by atoms with Crippen molar-refractivity contribution in [2.45, 2.75) is 65.5 Å². The number of aromatic nitrogens is 6. The second-order valence-electron chi connectivity index (χ2n) is 14.7. The lowest BCUT2D eigenvalue weighted by molar-refractivity contribution is 0.0951. The van der Waals surface area contributed by atoms with Gasteiger partial charge in [-0.1, -0.05) is 41.4 Å². The van der Waals surface area contributed by atoms with Crippen molar-refractivity contribution >= 4 is 56.6 Å². The highest BCUT2D eigenvalue weighted by molar-refractivity contribution is 6.32. The van der Waals surface area contributed by atoms with Crippen LogP contribution in [0, 0.1) is 27.7 Å². The van der Waals surface area contributed by atoms with Gasteiger partial charge in [0.05, 0.1) is 41.7 Å². The summed E-state index contributed by atoms with van der Waals surface area (Å²) in [7, 11) is 3.65. The van der Waals surface area contributed by atoms with Gasteiger partial charge in [0.2, 0.25) is 0 Å². The number of fused-ring (bicyclic) bond motifs is 4. The SMILES string of the molecule is COCCn1cc(N2C(=O)c3c(CCCOc4cc(C)c(Cl)c(C)c4)c4cccc(-c5c(C)nn(C)c5C)c4n3C(C)C2Cl)c2cc(-c3ncccn3)ccc21. The van der Waals surface area contributed by atoms with Crippen LogP contribution in [-0.4, -0.2) is 60.6 Å². The van der Waals surface area contributed by atoms with Crippen LogP contribution in [0.25, 0.3) is 44.3 Å². The molecule has 0 N–H and O–H groups in total. The molecule has 0 saturated carbocycles. The molecule has 56 heavy (non-hydrogen) atoms. The normalized spacial score (nSPS) is 15.7. The van der Waals surface area contributed by atoms with E-state index in [-0.39, 0.29) is 11.9 Å². The van der Waals surface area contributed by atoms with E-state index in [0.29, 0.717) is 44.1 Å². The standard InChI is InChI=1S/C44H45Cl2N7O3/c1-25-21-31(22-26(2)39(25)45)56-19-9-13-33-32-11-8-12-34(38-27(3)49-50(6)28(38)4)40(32)52-29(5)42(46)53(44(54)41(33)52)37-24-51(18-20-55-7)36-15-14-30(23-35(36)37)43-47-16-10-17-48-43/h8,10-12,14-17,21-24,29,42H,9,13,18-20H2,1-7H3. The van der Waals surface area contributed by atoms with Crippen LogP contribution in [0.5, 0.6) is 5.75 Å². The van der Waals surface area contributed by atoms with Crippen molar-refractivity contribution in [3.05, 3.63) is 112 Å². The van der Waals surface area contributed by atoms with E-state index in [0.717, 1.165) is 83.0 Å². The van der Waals surface area contributed by atoms with Gasteiger partial charge in [0.25, 0.3) is 5.91 Å². The van der Waals surface area contributed by atoms with Crippen LogP contribution < -0.4 is 9.64 Å². The number of amides is 1. The maximum atomic E-state index is 15.4. The molecule has 5 heterocycles. The van der Waals surface area contributed by atoms with Gasteiger partial charge in [0.15, 0.2) is 5.82 Å². The zero-order chi connectivity index (χ0) is 39.4. The van der Waals surface area contributed by atoms with Crippen molar-refractivity contribution in [1.82, 2.24) is 28.9 Å². The van der Waals surface area contributed by atoms with E-state index in [1.54, 1.807) is 30.5 Å². The predicted molar refractivity (Wildman–Crippen MR) is 224 cm³/mol. The summed E-state index contributed by atoms with van der Waals surface area (Å²) in [5.74, 6) is 1.23. The first-order chi connectivity index (χ1) is 27.0. The van der Waals surface area contributed by atoms with Gasteiger partial charge in [0, 0.05) is 77.5 Å². The summed E-state index contributed by atoms with van der Waals surface area (Å²) >= 11 is 14.0. The number of halogens is 2. The van der Waals surface area contributed by atoms with Crippen LogP contribution in [0.4, 0.5) is 5.69 Å². The summed E-state index contributed by atoms with van der Waals surface area (Å²) in [6, 6.07) is 17.9. The minimum atomic E-state index is -0.708. The number of nitrogens with zero attached hydrogens (tertiary/aromatic N) is 7. The zero-order valence-electron chi connectivity index (χ0n) is 32.7. The molecular weight excluding hydrogens is 745 g/mol. The first-order valence-corrected chi connectivity index (χ1v) is 19.7. The minimum absolute atomic E-state index is 0.156. The van der Waals surface area contributed by atoms with Crippen LogP contribution >= 0.6 is 23.2 Å². The Morgan fingerprint density at radius 1 is 0.929 bits per heavy atom. The predicted octanol–water partition coefficient (Wildman–Crippen LogP) is 9.78. The van der Waals surface area contributed by atoms with Crippen molar-refractivity contribution in [2.24, 2.45) is 7.05 Å². The molecule has 4 aromatic heterocycles. The van der Waals surface area contributed by atoms with Crippen molar-refractivity contribution in [2.75, 3.05) is 25.2 Å². The fourth-order valence-corrected chi connectivity index (χ4v) is 8.77. The Labute approximate surface area is 336 Å². The summed E-state index contributed by atoms with van der Waals surface area (Å²) in [5.41, 5.74) is 10.4. The second kappa shape index (κ2) is 15.1. The number of aryl methyl sites for hydroxylation is 5. The Morgan fingerprint density at radius 2 is 1.68 bits per heavy atom. The molecule has 0 bridgehead atoms. The largest absolute Gasteiger partial charge is 0.494 e. The highest BCUT2D eigenvalue weighted by Crippen LogP contribution is 2.46. The number of rotatable bonds is 11. The van der Waals surface area contributed by atoms with Crippen molar-refractivity contribution in [3.8, 4) is 28.3 Å². The van der Waals surface area contributed by atoms with Crippen LogP contribution in [0.3, 0.4) is 0 Å². The molecule has 10 nitrogen and oxygen atoms in total. The molecule has 1 aliphatic heterocycles. The van der Waals surface area contributed by atoms with E-state index in [4.69, 9.17) is 37.8 Å². The number of ether oxygens (including phenoxy) is 2. The third-order valence-electron chi connectivity index (χ3n) is 11.1. The fraction of sp³-hybridized carbons (Fsp3) is 0.318. The highest BCUT2D eigenvalue weighted by Gasteiger charge is 2.42. The van der Waals surface area contributed by atoms with Crippen LogP contribution in [-0.2, 0) is 24.8 Å². The molecule has 8 rings (SSSR count). The van der Waals surface area contributed by atoms with E-state index in [1.165, 1.54) is 0 Å². The molecule has 0 fully saturated rings. The Balaban J connectivity index is 1.28. The number of methoxy groups -OCH3 is 1. The molecule has 12 heteroatoms. The zero-order valence-corrected chi connectivity index (χ0v) is 34.2. The average molecular weight is 791 g/mol. The molecular formula is C44H45Cl2N7O3. The van der Waals surface area contributed by atoms with Crippen LogP contribution in [0.2, 0.25) is 5.02 Å². The molecule has 2 unspecified atom stereocenters. The molecule has 0 radical (unpaired) electrons. The average Bonchev–Trinajstić information content (AvgIpc) is 3.81. The van der Waals surface area contributed by atoms with Gasteiger partial charge in [-0.05, 0) is 101 Å². The number of carbonyl (C=O) groups is 1. The second-order valence-corrected chi connectivity index (χ2v) is 15.5. The third kappa shape index (κ3) is 6.33. The summed E-state index contributed by atoms with van der Waals surface area (Å²) < 4.78 is 18.0. The smallest absolute Gasteiger partial charge is 0.276 e. The van der Waals surface area contributed by atoms with E-state index in [9.17, 15) is 0 Å². The number of hydrogen-bond acceptors (Lipinski definition) is 6. The Morgan fingerprint density at radius 3 is 2.38 bits per heavy atom. The quantitative estimate of drug-likeness (QED) is 0.0737. The monoisotopic (exact) mass is 789 g/mol. The maximum absolute atomic E-state index is 15.4. The van der Waals surface area contributed by atoms with Gasteiger partial charge < -0.3 is 18.6 Å². The summed E-state index contributed by atoms with van der Waals surface area (Å²) in [5, 5.41) is 7.42. The van der Waals surface area contributed by atoms with Crippen molar-refractivity contribution < 1.29 is 14.3 Å². The topological polar surface area (TPSA) is 92.2 Å². The Hall–Kier alpha value is -5.16. The first kappa shape index (κ1) is 37.7. The minimum Gasteiger partial charge on any atom is -0.494 e. The Bertz CT molecular complexity index is 2600. The number of hydrogen-bond donors (Lipinski definition) is 0. The van der Waals surface area contributed by atoms with E-state index in [2.05, 4.69) is 63.3 Å². The molecule has 0 spiro atoms. The molecule has 7 aromatic rings. The lowest BCUT2D eigenvalue weighted by Crippen LogP contribution is -2.47. The molecule has 3 aromatic carbocycles. The summed E-state index contributed by atoms with van der Waals surface area (Å²) in [6.45, 7) is 11.8. The van der Waals surface area contributed by atoms with Gasteiger partial charge in [-0.3, -0.25) is 14.4 Å². The number of para-hydroxylation sites is 1. The van der Waals surface area contributed by atoms with Gasteiger partial charge in [-0.2, -0.15) is 5.10 Å². The van der Waals surface area contributed by atoms with E-state index < -0.39 is 5.50 Å². The van der Waals surface area contributed by atoms with Gasteiger partial charge >= 0.3 is 0 Å². The number of alkyl halides is 1. The van der Waals surface area contributed by atoms with Crippen molar-refractivity contribution in [1.29, 1.82) is 0 Å². The summed E-state index contributed by atoms with van der Waals surface area (Å²) in [6.07, 6.45) is 6.78. The molecule has 0 saturated heterocycles. The van der Waals surface area contributed by atoms with E-state index in [1.807, 2.05) is 56.9 Å². The van der Waals surface area contributed by atoms with Gasteiger partial charge in [-0.25, -0.2) is 9.97 Å². The fourth-order valence-electron chi connectivity index (χ4n) is 8.36. The number of anilines is 1. The highest BCUT2D eigenvalue weighted by atomic mass is 35.5. The van der Waals surface area contributed by atoms with Crippen LogP contribution in [0.15, 0.2) is 73.2 Å². The molecule has 2 atom stereocenters. The third-order valence-corrected chi connectivity index (χ3v) is 12.3. The van der Waals surface area contributed by atoms with Gasteiger partial charge in [0.1, 0.15) is 16.9 Å². The first-order valence-electron chi connectivity index (χ1n) is 18.9. The number of carbonyl (C=O) groups excluding carboxylic acids is 1. The molecule has 0 aliphatic carbocycles. The van der Waals surface area contributed by atoms with Crippen LogP contribution in [0.1, 0.15) is 58.0 Å². The lowest BCUT2D eigenvalue weighted by atomic mass is 9.98. The molecule has 1 aliphatic rings. The van der Waals surface area contributed by atoms with Crippen molar-refractivity contribution in [3.63, 3.8) is 0 Å². The Kier molecular flexibility index (Phi) is 10.2. The van der Waals surface area contributed by atoms with Gasteiger partial charge in [-0.15, -0.1) is 0 Å². The number of benzene rings is 3. The maximum Gasteiger partial charge on any atom is 0.276 e. The molecule has 1 amide bonds. The summed E-state index contributed by atoms with van der Waals surface area (Å²) in [4.78, 5) is 26.2. The lowest BCUT2D eigenvalue weighted by Gasteiger charge is -2.38. The van der Waals surface area contributed by atoms with E-state index >= 15 is 4.79 Å².